The van der Waals surface area contributed by atoms with Gasteiger partial charge in [-0.25, -0.2) is 0 Å². The highest BCUT2D eigenvalue weighted by molar-refractivity contribution is 5.17. The summed E-state index contributed by atoms with van der Waals surface area (Å²) in [6, 6.07) is 2.35. The number of nitrogens with zero attached hydrogens (tertiary/aromatic N) is 1. The maximum absolute atomic E-state index is 6.11. The summed E-state index contributed by atoms with van der Waals surface area (Å²) < 4.78 is 6.11. The van der Waals surface area contributed by atoms with E-state index in [9.17, 15) is 0 Å². The largest absolute Gasteiger partial charge is 0.377 e. The Hall–Kier alpha value is -0.120. The first-order chi connectivity index (χ1) is 10.2. The van der Waals surface area contributed by atoms with E-state index in [-0.39, 0.29) is 0 Å². The third-order valence-electron chi connectivity index (χ3n) is 7.13. The van der Waals surface area contributed by atoms with Gasteiger partial charge in [-0.2, -0.15) is 0 Å². The summed E-state index contributed by atoms with van der Waals surface area (Å²) in [6.07, 6.45) is 13.1. The smallest absolute Gasteiger partial charge is 0.0690 e. The molecule has 3 heteroatoms. The van der Waals surface area contributed by atoms with Crippen LogP contribution in [0.2, 0.25) is 0 Å². The molecule has 0 aromatic heterocycles. The highest BCUT2D eigenvalue weighted by Gasteiger charge is 2.64. The van der Waals surface area contributed by atoms with Gasteiger partial charge in [-0.3, -0.25) is 0 Å². The van der Waals surface area contributed by atoms with E-state index in [4.69, 9.17) is 4.74 Å². The summed E-state index contributed by atoms with van der Waals surface area (Å²) in [5, 5.41) is 4.12. The van der Waals surface area contributed by atoms with Crippen molar-refractivity contribution in [3.63, 3.8) is 0 Å². The van der Waals surface area contributed by atoms with Crippen LogP contribution in [0.5, 0.6) is 0 Å². The van der Waals surface area contributed by atoms with Crippen LogP contribution in [0.1, 0.15) is 57.8 Å². The molecule has 0 aromatic rings. The van der Waals surface area contributed by atoms with E-state index in [1.807, 2.05) is 0 Å². The van der Waals surface area contributed by atoms with Crippen molar-refractivity contribution in [1.29, 1.82) is 0 Å². The first-order valence-electron chi connectivity index (χ1n) is 9.25. The van der Waals surface area contributed by atoms with Gasteiger partial charge in [-0.15, -0.1) is 0 Å². The minimum Gasteiger partial charge on any atom is -0.377 e. The van der Waals surface area contributed by atoms with Crippen molar-refractivity contribution in [2.24, 2.45) is 11.3 Å². The van der Waals surface area contributed by atoms with Gasteiger partial charge < -0.3 is 15.0 Å². The molecule has 3 nitrogen and oxygen atoms in total. The van der Waals surface area contributed by atoms with Gasteiger partial charge in [0.1, 0.15) is 0 Å². The highest BCUT2D eigenvalue weighted by Crippen LogP contribution is 2.60. The molecule has 0 aromatic carbocycles. The predicted molar refractivity (Wildman–Crippen MR) is 85.4 cm³/mol. The molecule has 21 heavy (non-hydrogen) atoms. The second-order valence-electron chi connectivity index (χ2n) is 8.30. The van der Waals surface area contributed by atoms with Crippen molar-refractivity contribution in [1.82, 2.24) is 10.2 Å². The third kappa shape index (κ3) is 2.27. The fraction of sp³-hybridized carbons (Fsp3) is 1.00. The second kappa shape index (κ2) is 5.50. The Morgan fingerprint density at radius 3 is 2.38 bits per heavy atom. The summed E-state index contributed by atoms with van der Waals surface area (Å²) in [6.45, 7) is 1.02. The molecular weight excluding hydrogens is 260 g/mol. The van der Waals surface area contributed by atoms with Crippen LogP contribution < -0.4 is 5.32 Å². The van der Waals surface area contributed by atoms with Gasteiger partial charge in [0.05, 0.1) is 6.10 Å². The van der Waals surface area contributed by atoms with E-state index >= 15 is 0 Å². The number of rotatable bonds is 3. The normalized spacial score (nSPS) is 45.0. The second-order valence-corrected chi connectivity index (χ2v) is 8.30. The molecule has 0 bridgehead atoms. The maximum atomic E-state index is 6.11. The van der Waals surface area contributed by atoms with E-state index in [0.717, 1.165) is 30.7 Å². The van der Waals surface area contributed by atoms with Crippen LogP contribution in [-0.2, 0) is 4.74 Å². The SMILES string of the molecule is CN(C)C1CCC(N[C@@H]2[C@H]3CCO[C@@H]3C23CCCC3)CC1. The summed E-state index contributed by atoms with van der Waals surface area (Å²) in [4.78, 5) is 2.42. The zero-order valence-electron chi connectivity index (χ0n) is 13.8. The van der Waals surface area contributed by atoms with Crippen LogP contribution in [0.4, 0.5) is 0 Å². The van der Waals surface area contributed by atoms with Crippen molar-refractivity contribution in [2.45, 2.75) is 82.0 Å². The van der Waals surface area contributed by atoms with Crippen molar-refractivity contribution in [3.8, 4) is 0 Å². The quantitative estimate of drug-likeness (QED) is 0.865. The number of nitrogens with one attached hydrogen (secondary N) is 1. The highest BCUT2D eigenvalue weighted by atomic mass is 16.5. The van der Waals surface area contributed by atoms with Gasteiger partial charge >= 0.3 is 0 Å². The molecule has 1 aliphatic heterocycles. The van der Waals surface area contributed by atoms with Gasteiger partial charge in [0.15, 0.2) is 0 Å². The Morgan fingerprint density at radius 2 is 1.71 bits per heavy atom. The van der Waals surface area contributed by atoms with Crippen LogP contribution in [0.15, 0.2) is 0 Å². The molecule has 3 aliphatic carbocycles. The maximum Gasteiger partial charge on any atom is 0.0690 e. The molecule has 1 spiro atoms. The van der Waals surface area contributed by atoms with Gasteiger partial charge in [-0.05, 0) is 59.0 Å². The number of fused-ring (bicyclic) bond motifs is 2. The Balaban J connectivity index is 1.38. The molecular formula is C18H32N2O. The van der Waals surface area contributed by atoms with E-state index in [1.165, 1.54) is 57.8 Å². The molecule has 3 saturated carbocycles. The van der Waals surface area contributed by atoms with Gasteiger partial charge in [0.25, 0.3) is 0 Å². The summed E-state index contributed by atoms with van der Waals surface area (Å²) in [5.74, 6) is 0.828. The standard InChI is InChI=1S/C18H32N2O/c1-20(2)14-7-5-13(6-8-14)19-16-15-9-12-21-17(15)18(16)10-3-4-11-18/h13-17,19H,3-12H2,1-2H3/t13?,14?,15-,16-,17+/m1/s1. The van der Waals surface area contributed by atoms with Gasteiger partial charge in [0.2, 0.25) is 0 Å². The molecule has 4 aliphatic rings. The molecule has 3 atom stereocenters. The lowest BCUT2D eigenvalue weighted by atomic mass is 9.54. The molecule has 120 valence electrons. The van der Waals surface area contributed by atoms with Crippen molar-refractivity contribution in [3.05, 3.63) is 0 Å². The van der Waals surface area contributed by atoms with Crippen LogP contribution in [0, 0.1) is 11.3 Å². The molecule has 0 amide bonds. The van der Waals surface area contributed by atoms with Crippen LogP contribution in [-0.4, -0.2) is 49.8 Å². The Bertz CT molecular complexity index is 369. The molecule has 0 unspecified atom stereocenters. The zero-order chi connectivity index (χ0) is 14.4. The average Bonchev–Trinajstić information content (AvgIpc) is 3.13. The average molecular weight is 292 g/mol. The molecule has 1 N–H and O–H groups in total. The number of hydrogen-bond acceptors (Lipinski definition) is 3. The topological polar surface area (TPSA) is 24.5 Å². The van der Waals surface area contributed by atoms with Crippen LogP contribution in [0.25, 0.3) is 0 Å². The summed E-state index contributed by atoms with van der Waals surface area (Å²) >= 11 is 0. The zero-order valence-corrected chi connectivity index (χ0v) is 13.8. The van der Waals surface area contributed by atoms with Gasteiger partial charge in [-0.1, -0.05) is 12.8 Å². The molecule has 4 rings (SSSR count). The fourth-order valence-electron chi connectivity index (χ4n) is 5.96. The number of hydrogen-bond donors (Lipinski definition) is 1. The number of ether oxygens (including phenoxy) is 1. The van der Waals surface area contributed by atoms with Crippen molar-refractivity contribution < 1.29 is 4.74 Å². The predicted octanol–water partition coefficient (Wildman–Crippen LogP) is 2.80. The fourth-order valence-corrected chi connectivity index (χ4v) is 5.96. The molecule has 4 fully saturated rings. The summed E-state index contributed by atoms with van der Waals surface area (Å²) in [5.41, 5.74) is 0.527. The van der Waals surface area contributed by atoms with Gasteiger partial charge in [0, 0.05) is 36.1 Å². The monoisotopic (exact) mass is 292 g/mol. The van der Waals surface area contributed by atoms with Crippen molar-refractivity contribution >= 4 is 0 Å². The van der Waals surface area contributed by atoms with Crippen LogP contribution in [0.3, 0.4) is 0 Å². The third-order valence-corrected chi connectivity index (χ3v) is 7.13. The Morgan fingerprint density at radius 1 is 1.00 bits per heavy atom. The molecule has 1 heterocycles. The van der Waals surface area contributed by atoms with Crippen molar-refractivity contribution in [2.75, 3.05) is 20.7 Å². The minimum atomic E-state index is 0.527. The Labute approximate surface area is 129 Å². The van der Waals surface area contributed by atoms with E-state index in [2.05, 4.69) is 24.3 Å². The Kier molecular flexibility index (Phi) is 3.79. The minimum absolute atomic E-state index is 0.527. The van der Waals surface area contributed by atoms with E-state index in [1.54, 1.807) is 0 Å². The molecule has 0 radical (unpaired) electrons. The first kappa shape index (κ1) is 14.5. The first-order valence-corrected chi connectivity index (χ1v) is 9.25. The molecule has 1 saturated heterocycles. The summed E-state index contributed by atoms with van der Waals surface area (Å²) in [7, 11) is 4.47. The van der Waals surface area contributed by atoms with E-state index in [0.29, 0.717) is 11.5 Å². The lowest BCUT2D eigenvalue weighted by Gasteiger charge is -2.58. The lowest BCUT2D eigenvalue weighted by Crippen LogP contribution is -2.69. The lowest BCUT2D eigenvalue weighted by molar-refractivity contribution is -0.134. The van der Waals surface area contributed by atoms with E-state index < -0.39 is 0 Å². The van der Waals surface area contributed by atoms with Crippen LogP contribution >= 0.6 is 0 Å².